The Bertz CT molecular complexity index is 813. The van der Waals surface area contributed by atoms with Crippen LogP contribution >= 0.6 is 0 Å². The summed E-state index contributed by atoms with van der Waals surface area (Å²) in [5.41, 5.74) is 2.22. The van der Waals surface area contributed by atoms with Crippen molar-refractivity contribution in [3.63, 3.8) is 0 Å². The number of Topliss-reactive ketones (excluding diaryl/α,β-unsaturated/α-hetero) is 1. The van der Waals surface area contributed by atoms with Gasteiger partial charge in [0.15, 0.2) is 11.6 Å². The summed E-state index contributed by atoms with van der Waals surface area (Å²) in [6.45, 7) is 0. The molecule has 2 aliphatic carbocycles. The summed E-state index contributed by atoms with van der Waals surface area (Å²) in [5.74, 6) is -0.287. The van der Waals surface area contributed by atoms with Gasteiger partial charge in [-0.15, -0.1) is 0 Å². The molecule has 0 unspecified atom stereocenters. The molecular weight excluding hydrogens is 288 g/mol. The number of hydrogen-bond acceptors (Lipinski definition) is 3. The molecule has 0 aromatic heterocycles. The third-order valence-corrected chi connectivity index (χ3v) is 5.09. The first-order valence-corrected chi connectivity index (χ1v) is 8.15. The Morgan fingerprint density at radius 1 is 0.870 bits per heavy atom. The van der Waals surface area contributed by atoms with Gasteiger partial charge in [-0.3, -0.25) is 9.59 Å². The van der Waals surface area contributed by atoms with Crippen LogP contribution in [0.5, 0.6) is 0 Å². The SMILES string of the molecule is O=C1c2ccccc2-c2ccc(C(=O)C3(O)CCCCC3)cc21. The molecule has 1 N–H and O–H groups in total. The maximum atomic E-state index is 12.7. The molecule has 0 atom stereocenters. The molecule has 2 aromatic rings. The molecule has 0 bridgehead atoms. The number of hydrogen-bond donors (Lipinski definition) is 1. The van der Waals surface area contributed by atoms with Crippen molar-refractivity contribution in [2.45, 2.75) is 37.7 Å². The van der Waals surface area contributed by atoms with Gasteiger partial charge < -0.3 is 5.11 Å². The van der Waals surface area contributed by atoms with E-state index in [2.05, 4.69) is 0 Å². The maximum absolute atomic E-state index is 12.7. The Hall–Kier alpha value is -2.26. The molecule has 0 heterocycles. The number of carbonyl (C=O) groups excluding carboxylic acids is 2. The monoisotopic (exact) mass is 306 g/mol. The van der Waals surface area contributed by atoms with Crippen molar-refractivity contribution in [1.29, 1.82) is 0 Å². The van der Waals surface area contributed by atoms with Gasteiger partial charge in [-0.2, -0.15) is 0 Å². The molecule has 2 aromatic carbocycles. The number of carbonyl (C=O) groups is 2. The van der Waals surface area contributed by atoms with Gasteiger partial charge >= 0.3 is 0 Å². The Morgan fingerprint density at radius 2 is 1.52 bits per heavy atom. The molecule has 3 heteroatoms. The fraction of sp³-hybridized carbons (Fsp3) is 0.300. The molecule has 0 spiro atoms. The first kappa shape index (κ1) is 14.3. The van der Waals surface area contributed by atoms with Gasteiger partial charge in [0.05, 0.1) is 0 Å². The standard InChI is InChI=1S/C20H18O3/c21-18-16-7-3-2-6-14(16)15-9-8-13(12-17(15)18)19(22)20(23)10-4-1-5-11-20/h2-3,6-9,12,23H,1,4-5,10-11H2. The van der Waals surface area contributed by atoms with Crippen LogP contribution < -0.4 is 0 Å². The van der Waals surface area contributed by atoms with E-state index < -0.39 is 5.60 Å². The van der Waals surface area contributed by atoms with Gasteiger partial charge in [0.1, 0.15) is 5.60 Å². The third kappa shape index (κ3) is 2.15. The van der Waals surface area contributed by atoms with Crippen molar-refractivity contribution in [2.24, 2.45) is 0 Å². The summed E-state index contributed by atoms with van der Waals surface area (Å²) in [4.78, 5) is 25.3. The second-order valence-corrected chi connectivity index (χ2v) is 6.56. The van der Waals surface area contributed by atoms with Gasteiger partial charge in [-0.1, -0.05) is 55.7 Å². The second kappa shape index (κ2) is 5.14. The van der Waals surface area contributed by atoms with Crippen molar-refractivity contribution in [3.8, 4) is 11.1 Å². The molecule has 3 nitrogen and oxygen atoms in total. The Morgan fingerprint density at radius 3 is 2.26 bits per heavy atom. The lowest BCUT2D eigenvalue weighted by Gasteiger charge is -2.30. The van der Waals surface area contributed by atoms with Crippen molar-refractivity contribution >= 4 is 11.6 Å². The average molecular weight is 306 g/mol. The normalized spacial score (nSPS) is 18.4. The van der Waals surface area contributed by atoms with Crippen molar-refractivity contribution in [2.75, 3.05) is 0 Å². The summed E-state index contributed by atoms with van der Waals surface area (Å²) >= 11 is 0. The predicted octanol–water partition coefficient (Wildman–Crippen LogP) is 3.78. The van der Waals surface area contributed by atoms with E-state index in [1.165, 1.54) is 0 Å². The van der Waals surface area contributed by atoms with E-state index in [1.807, 2.05) is 30.3 Å². The minimum Gasteiger partial charge on any atom is -0.382 e. The first-order chi connectivity index (χ1) is 11.1. The highest BCUT2D eigenvalue weighted by molar-refractivity contribution is 6.22. The van der Waals surface area contributed by atoms with E-state index in [0.29, 0.717) is 29.5 Å². The maximum Gasteiger partial charge on any atom is 0.194 e. The van der Waals surface area contributed by atoms with Crippen LogP contribution in [0.2, 0.25) is 0 Å². The predicted molar refractivity (Wildman–Crippen MR) is 87.7 cm³/mol. The van der Waals surface area contributed by atoms with Crippen LogP contribution in [0.25, 0.3) is 11.1 Å². The first-order valence-electron chi connectivity index (χ1n) is 8.15. The highest BCUT2D eigenvalue weighted by atomic mass is 16.3. The lowest BCUT2D eigenvalue weighted by Crippen LogP contribution is -2.40. The van der Waals surface area contributed by atoms with E-state index in [1.54, 1.807) is 12.1 Å². The summed E-state index contributed by atoms with van der Waals surface area (Å²) in [7, 11) is 0. The number of rotatable bonds is 2. The van der Waals surface area contributed by atoms with Crippen LogP contribution in [0.4, 0.5) is 0 Å². The number of benzene rings is 2. The quantitative estimate of drug-likeness (QED) is 0.733. The molecule has 1 saturated carbocycles. The molecule has 1 fully saturated rings. The zero-order chi connectivity index (χ0) is 16.0. The van der Waals surface area contributed by atoms with Crippen molar-refractivity contribution in [3.05, 3.63) is 59.2 Å². The van der Waals surface area contributed by atoms with Gasteiger partial charge in [0, 0.05) is 16.7 Å². The van der Waals surface area contributed by atoms with Crippen LogP contribution in [0, 0.1) is 0 Å². The van der Waals surface area contributed by atoms with E-state index in [-0.39, 0.29) is 11.6 Å². The highest BCUT2D eigenvalue weighted by Crippen LogP contribution is 2.38. The summed E-state index contributed by atoms with van der Waals surface area (Å²) in [5, 5.41) is 10.6. The number of ketones is 2. The minimum absolute atomic E-state index is 0.0408. The van der Waals surface area contributed by atoms with E-state index in [0.717, 1.165) is 30.4 Å². The van der Waals surface area contributed by atoms with Gasteiger partial charge in [-0.25, -0.2) is 0 Å². The zero-order valence-corrected chi connectivity index (χ0v) is 12.8. The smallest absolute Gasteiger partial charge is 0.194 e. The average Bonchev–Trinajstić information content (AvgIpc) is 2.88. The van der Waals surface area contributed by atoms with Crippen LogP contribution in [0.15, 0.2) is 42.5 Å². The lowest BCUT2D eigenvalue weighted by molar-refractivity contribution is 0.0116. The second-order valence-electron chi connectivity index (χ2n) is 6.56. The summed E-state index contributed by atoms with van der Waals surface area (Å²) in [6.07, 6.45) is 3.83. The molecule has 0 amide bonds. The fourth-order valence-electron chi connectivity index (χ4n) is 3.80. The zero-order valence-electron chi connectivity index (χ0n) is 12.8. The molecule has 4 rings (SSSR count). The minimum atomic E-state index is -1.26. The van der Waals surface area contributed by atoms with Crippen molar-refractivity contribution in [1.82, 2.24) is 0 Å². The van der Waals surface area contributed by atoms with Gasteiger partial charge in [0.2, 0.25) is 0 Å². The largest absolute Gasteiger partial charge is 0.382 e. The third-order valence-electron chi connectivity index (χ3n) is 5.09. The van der Waals surface area contributed by atoms with E-state index in [4.69, 9.17) is 0 Å². The molecule has 2 aliphatic rings. The fourth-order valence-corrected chi connectivity index (χ4v) is 3.80. The molecule has 23 heavy (non-hydrogen) atoms. The summed E-state index contributed by atoms with van der Waals surface area (Å²) < 4.78 is 0. The van der Waals surface area contributed by atoms with E-state index >= 15 is 0 Å². The molecule has 116 valence electrons. The Balaban J connectivity index is 1.74. The summed E-state index contributed by atoms with van der Waals surface area (Å²) in [6, 6.07) is 12.7. The molecule has 0 saturated heterocycles. The molecule has 0 radical (unpaired) electrons. The number of aliphatic hydroxyl groups is 1. The lowest BCUT2D eigenvalue weighted by atomic mass is 9.79. The van der Waals surface area contributed by atoms with E-state index in [9.17, 15) is 14.7 Å². The Labute approximate surface area is 135 Å². The Kier molecular flexibility index (Phi) is 3.20. The molecule has 0 aliphatic heterocycles. The van der Waals surface area contributed by atoms with Crippen molar-refractivity contribution < 1.29 is 14.7 Å². The topological polar surface area (TPSA) is 54.4 Å². The highest BCUT2D eigenvalue weighted by Gasteiger charge is 2.38. The van der Waals surface area contributed by atoms with Crippen LogP contribution in [0.1, 0.15) is 58.4 Å². The molecular formula is C20H18O3. The number of fused-ring (bicyclic) bond motifs is 3. The van der Waals surface area contributed by atoms with Gasteiger partial charge in [0.25, 0.3) is 0 Å². The van der Waals surface area contributed by atoms with Gasteiger partial charge in [-0.05, 0) is 30.0 Å². The van der Waals surface area contributed by atoms with Crippen LogP contribution in [0.3, 0.4) is 0 Å². The van der Waals surface area contributed by atoms with Crippen LogP contribution in [-0.2, 0) is 0 Å². The van der Waals surface area contributed by atoms with Crippen LogP contribution in [-0.4, -0.2) is 22.3 Å².